The summed E-state index contributed by atoms with van der Waals surface area (Å²) in [5, 5.41) is 0.913. The molecule has 0 bridgehead atoms. The Labute approximate surface area is 140 Å². The maximum atomic E-state index is 12.5. The van der Waals surface area contributed by atoms with Gasteiger partial charge in [-0.2, -0.15) is 0 Å². The summed E-state index contributed by atoms with van der Waals surface area (Å²) in [7, 11) is -3.54. The van der Waals surface area contributed by atoms with Crippen molar-refractivity contribution in [2.45, 2.75) is 30.7 Å². The minimum Gasteiger partial charge on any atom is -0.207 e. The number of hydrogen-bond donors (Lipinski definition) is 1. The summed E-state index contributed by atoms with van der Waals surface area (Å²) >= 11 is 3.42. The third-order valence-corrected chi connectivity index (χ3v) is 5.57. The van der Waals surface area contributed by atoms with Crippen LogP contribution in [-0.4, -0.2) is 13.7 Å². The molecule has 5 heteroatoms. The van der Waals surface area contributed by atoms with E-state index >= 15 is 0 Å². The number of hydrogen-bond acceptors (Lipinski definition) is 2. The molecular formula is C17H20BrNO2S. The molecule has 0 amide bonds. The number of sulfonamides is 1. The maximum Gasteiger partial charge on any atom is 0.241 e. The van der Waals surface area contributed by atoms with E-state index in [0.29, 0.717) is 0 Å². The molecule has 0 aliphatic carbocycles. The first-order chi connectivity index (χ1) is 10.3. The molecule has 2 aromatic carbocycles. The van der Waals surface area contributed by atoms with E-state index < -0.39 is 15.6 Å². The number of nitrogens with one attached hydrogen (secondary N) is 1. The van der Waals surface area contributed by atoms with Crippen LogP contribution >= 0.6 is 15.9 Å². The van der Waals surface area contributed by atoms with Crippen molar-refractivity contribution in [3.63, 3.8) is 0 Å². The van der Waals surface area contributed by atoms with E-state index in [1.54, 1.807) is 30.3 Å². The second kappa shape index (κ2) is 6.94. The summed E-state index contributed by atoms with van der Waals surface area (Å²) in [5.41, 5.74) is 1.48. The highest BCUT2D eigenvalue weighted by Crippen LogP contribution is 2.23. The third kappa shape index (κ3) is 4.18. The number of rotatable bonds is 6. The predicted octanol–water partition coefficient (Wildman–Crippen LogP) is 3.84. The van der Waals surface area contributed by atoms with Gasteiger partial charge in [0.2, 0.25) is 10.0 Å². The van der Waals surface area contributed by atoms with E-state index in [1.165, 1.54) is 5.56 Å². The molecule has 0 spiro atoms. The van der Waals surface area contributed by atoms with E-state index in [2.05, 4.69) is 20.7 Å². The van der Waals surface area contributed by atoms with Crippen molar-refractivity contribution in [3.05, 3.63) is 65.7 Å². The first-order valence-corrected chi connectivity index (χ1v) is 9.70. The zero-order chi connectivity index (χ0) is 16.2. The molecular weight excluding hydrogens is 362 g/mol. The first-order valence-electron chi connectivity index (χ1n) is 7.09. The van der Waals surface area contributed by atoms with E-state index in [1.807, 2.05) is 38.1 Å². The molecule has 0 fully saturated rings. The van der Waals surface area contributed by atoms with E-state index in [4.69, 9.17) is 0 Å². The van der Waals surface area contributed by atoms with Crippen LogP contribution < -0.4 is 4.72 Å². The molecule has 1 N–H and O–H groups in total. The largest absolute Gasteiger partial charge is 0.241 e. The number of aryl methyl sites for hydroxylation is 1. The predicted molar refractivity (Wildman–Crippen MR) is 93.7 cm³/mol. The lowest BCUT2D eigenvalue weighted by molar-refractivity contribution is 0.472. The van der Waals surface area contributed by atoms with E-state index in [-0.39, 0.29) is 4.90 Å². The molecule has 0 heterocycles. The molecule has 0 radical (unpaired) electrons. The molecule has 0 aliphatic heterocycles. The quantitative estimate of drug-likeness (QED) is 0.772. The van der Waals surface area contributed by atoms with Gasteiger partial charge in [-0.1, -0.05) is 58.4 Å². The van der Waals surface area contributed by atoms with Gasteiger partial charge >= 0.3 is 0 Å². The Kier molecular flexibility index (Phi) is 5.42. The summed E-state index contributed by atoms with van der Waals surface area (Å²) in [6, 6.07) is 16.5. The van der Waals surface area contributed by atoms with E-state index in [0.717, 1.165) is 17.3 Å². The van der Waals surface area contributed by atoms with Gasteiger partial charge in [-0.05, 0) is 43.5 Å². The SMILES string of the molecule is CC(C)(NS(=O)(=O)c1ccccc1)c1ccc(CCBr)cc1. The average Bonchev–Trinajstić information content (AvgIpc) is 2.48. The standard InChI is InChI=1S/C17H20BrNO2S/c1-17(2,15-10-8-14(9-11-15)12-13-18)19-22(20,21)16-6-4-3-5-7-16/h3-11,19H,12-13H2,1-2H3. The zero-order valence-electron chi connectivity index (χ0n) is 12.7. The van der Waals surface area contributed by atoms with Gasteiger partial charge in [0.1, 0.15) is 0 Å². The Morgan fingerprint density at radius 2 is 1.59 bits per heavy atom. The fourth-order valence-electron chi connectivity index (χ4n) is 2.25. The molecule has 0 saturated heterocycles. The third-order valence-electron chi connectivity index (χ3n) is 3.50. The van der Waals surface area contributed by atoms with Gasteiger partial charge in [-0.15, -0.1) is 0 Å². The van der Waals surface area contributed by atoms with Gasteiger partial charge in [0.15, 0.2) is 0 Å². The second-order valence-corrected chi connectivity index (χ2v) is 8.15. The summed E-state index contributed by atoms with van der Waals surface area (Å²) in [4.78, 5) is 0.277. The lowest BCUT2D eigenvalue weighted by Crippen LogP contribution is -2.40. The highest BCUT2D eigenvalue weighted by molar-refractivity contribution is 9.09. The van der Waals surface area contributed by atoms with Crippen LogP contribution in [0, 0.1) is 0 Å². The number of alkyl halides is 1. The molecule has 2 rings (SSSR count). The fraction of sp³-hybridized carbons (Fsp3) is 0.294. The lowest BCUT2D eigenvalue weighted by atomic mass is 9.94. The molecule has 0 atom stereocenters. The molecule has 0 aliphatic rings. The van der Waals surface area contributed by atoms with E-state index in [9.17, 15) is 8.42 Å². The molecule has 0 aromatic heterocycles. The Morgan fingerprint density at radius 3 is 2.14 bits per heavy atom. The van der Waals surface area contributed by atoms with Crippen molar-refractivity contribution in [2.75, 3.05) is 5.33 Å². The molecule has 0 saturated carbocycles. The Bertz CT molecular complexity index is 710. The van der Waals surface area contributed by atoms with Crippen LogP contribution in [0.5, 0.6) is 0 Å². The highest BCUT2D eigenvalue weighted by atomic mass is 79.9. The van der Waals surface area contributed by atoms with Crippen molar-refractivity contribution in [1.29, 1.82) is 0 Å². The Balaban J connectivity index is 2.23. The normalized spacial score (nSPS) is 12.3. The number of benzene rings is 2. The van der Waals surface area contributed by atoms with Crippen LogP contribution in [0.1, 0.15) is 25.0 Å². The highest BCUT2D eigenvalue weighted by Gasteiger charge is 2.27. The van der Waals surface area contributed by atoms with Crippen molar-refractivity contribution in [1.82, 2.24) is 4.72 Å². The van der Waals surface area contributed by atoms with Gasteiger partial charge in [-0.3, -0.25) is 0 Å². The summed E-state index contributed by atoms with van der Waals surface area (Å²) in [5.74, 6) is 0. The summed E-state index contributed by atoms with van der Waals surface area (Å²) < 4.78 is 27.7. The van der Waals surface area contributed by atoms with Gasteiger partial charge in [-0.25, -0.2) is 13.1 Å². The molecule has 2 aromatic rings. The van der Waals surface area contributed by atoms with Crippen molar-refractivity contribution in [3.8, 4) is 0 Å². The van der Waals surface area contributed by atoms with Crippen LogP contribution in [0.4, 0.5) is 0 Å². The zero-order valence-corrected chi connectivity index (χ0v) is 15.1. The Hall–Kier alpha value is -1.17. The lowest BCUT2D eigenvalue weighted by Gasteiger charge is -2.27. The van der Waals surface area contributed by atoms with Crippen LogP contribution in [0.25, 0.3) is 0 Å². The smallest absolute Gasteiger partial charge is 0.207 e. The van der Waals surface area contributed by atoms with Crippen LogP contribution in [0.15, 0.2) is 59.5 Å². The van der Waals surface area contributed by atoms with Crippen LogP contribution in [0.3, 0.4) is 0 Å². The molecule has 3 nitrogen and oxygen atoms in total. The van der Waals surface area contributed by atoms with Gasteiger partial charge in [0, 0.05) is 5.33 Å². The van der Waals surface area contributed by atoms with Gasteiger partial charge < -0.3 is 0 Å². The topological polar surface area (TPSA) is 46.2 Å². The average molecular weight is 382 g/mol. The summed E-state index contributed by atoms with van der Waals surface area (Å²) in [6.45, 7) is 3.74. The van der Waals surface area contributed by atoms with Crippen molar-refractivity contribution in [2.24, 2.45) is 0 Å². The number of halogens is 1. The second-order valence-electron chi connectivity index (χ2n) is 5.68. The van der Waals surface area contributed by atoms with Crippen molar-refractivity contribution >= 4 is 26.0 Å². The minimum atomic E-state index is -3.54. The van der Waals surface area contributed by atoms with Crippen molar-refractivity contribution < 1.29 is 8.42 Å². The van der Waals surface area contributed by atoms with Crippen LogP contribution in [-0.2, 0) is 22.0 Å². The fourth-order valence-corrected chi connectivity index (χ4v) is 4.13. The Morgan fingerprint density at radius 1 is 1.00 bits per heavy atom. The van der Waals surface area contributed by atoms with Crippen LogP contribution in [0.2, 0.25) is 0 Å². The molecule has 118 valence electrons. The summed E-state index contributed by atoms with van der Waals surface area (Å²) in [6.07, 6.45) is 0.955. The molecule has 0 unspecified atom stereocenters. The first kappa shape index (κ1) is 17.2. The minimum absolute atomic E-state index is 0.277. The van der Waals surface area contributed by atoms with Gasteiger partial charge in [0.05, 0.1) is 10.4 Å². The van der Waals surface area contributed by atoms with Gasteiger partial charge in [0.25, 0.3) is 0 Å². The monoisotopic (exact) mass is 381 g/mol. The molecule has 22 heavy (non-hydrogen) atoms. The maximum absolute atomic E-state index is 12.5.